The smallest absolute Gasteiger partial charge is 0.209 e. The van der Waals surface area contributed by atoms with Gasteiger partial charge < -0.3 is 9.97 Å². The third-order valence-corrected chi connectivity index (χ3v) is 3.45. The molecule has 0 aliphatic carbocycles. The maximum atomic E-state index is 12.5. The number of fused-ring (bicyclic) bond motifs is 2. The second-order valence-corrected chi connectivity index (χ2v) is 4.73. The fraction of sp³-hybridized carbons (Fsp3) is 0. The van der Waals surface area contributed by atoms with Crippen LogP contribution in [0, 0.1) is 0 Å². The summed E-state index contributed by atoms with van der Waals surface area (Å²) >= 11 is 0. The fourth-order valence-electron chi connectivity index (χ4n) is 2.43. The molecule has 3 heterocycles. The van der Waals surface area contributed by atoms with E-state index in [1.807, 2.05) is 48.7 Å². The summed E-state index contributed by atoms with van der Waals surface area (Å²) in [5.41, 5.74) is 3.00. The third-order valence-electron chi connectivity index (χ3n) is 3.45. The van der Waals surface area contributed by atoms with Crippen molar-refractivity contribution in [3.63, 3.8) is 0 Å². The van der Waals surface area contributed by atoms with Crippen LogP contribution in [-0.2, 0) is 0 Å². The fourth-order valence-corrected chi connectivity index (χ4v) is 2.43. The van der Waals surface area contributed by atoms with Crippen molar-refractivity contribution >= 4 is 27.7 Å². The molecule has 0 atom stereocenters. The van der Waals surface area contributed by atoms with Gasteiger partial charge in [-0.25, -0.2) is 4.98 Å². The zero-order chi connectivity index (χ0) is 13.5. The summed E-state index contributed by atoms with van der Waals surface area (Å²) in [4.78, 5) is 22.9. The van der Waals surface area contributed by atoms with Crippen molar-refractivity contribution in [3.8, 4) is 0 Å². The molecule has 0 spiro atoms. The zero-order valence-electron chi connectivity index (χ0n) is 10.6. The van der Waals surface area contributed by atoms with Gasteiger partial charge in [0.2, 0.25) is 5.78 Å². The van der Waals surface area contributed by atoms with E-state index in [0.717, 1.165) is 21.9 Å². The Labute approximate surface area is 114 Å². The van der Waals surface area contributed by atoms with E-state index in [1.165, 1.54) is 0 Å². The molecule has 0 radical (unpaired) electrons. The molecule has 96 valence electrons. The van der Waals surface area contributed by atoms with Crippen LogP contribution in [-0.4, -0.2) is 20.7 Å². The van der Waals surface area contributed by atoms with Gasteiger partial charge in [-0.15, -0.1) is 0 Å². The first kappa shape index (κ1) is 11.0. The normalized spacial score (nSPS) is 11.2. The Morgan fingerprint density at radius 3 is 2.90 bits per heavy atom. The van der Waals surface area contributed by atoms with Crippen molar-refractivity contribution in [1.82, 2.24) is 15.0 Å². The SMILES string of the molecule is O=C(c1ccc2[nH]ccc2c1)c1cc2cccnc2[nH]1. The predicted molar refractivity (Wildman–Crippen MR) is 77.8 cm³/mol. The molecule has 0 unspecified atom stereocenters. The van der Waals surface area contributed by atoms with E-state index in [0.29, 0.717) is 11.3 Å². The lowest BCUT2D eigenvalue weighted by molar-refractivity contribution is 0.103. The van der Waals surface area contributed by atoms with Gasteiger partial charge in [0.1, 0.15) is 5.65 Å². The Kier molecular flexibility index (Phi) is 2.23. The maximum Gasteiger partial charge on any atom is 0.209 e. The Morgan fingerprint density at radius 1 is 1.05 bits per heavy atom. The third kappa shape index (κ3) is 1.62. The molecule has 2 N–H and O–H groups in total. The number of rotatable bonds is 2. The minimum atomic E-state index is -0.0221. The molecular formula is C16H11N3O. The highest BCUT2D eigenvalue weighted by Crippen LogP contribution is 2.19. The molecule has 3 aromatic heterocycles. The van der Waals surface area contributed by atoms with Gasteiger partial charge in [-0.2, -0.15) is 0 Å². The summed E-state index contributed by atoms with van der Waals surface area (Å²) in [6.07, 6.45) is 3.57. The van der Waals surface area contributed by atoms with Crippen LogP contribution in [0.25, 0.3) is 21.9 Å². The van der Waals surface area contributed by atoms with Crippen molar-refractivity contribution in [3.05, 3.63) is 66.1 Å². The lowest BCUT2D eigenvalue weighted by Gasteiger charge is -1.99. The largest absolute Gasteiger partial charge is 0.361 e. The highest BCUT2D eigenvalue weighted by Gasteiger charge is 2.13. The molecule has 0 aliphatic rings. The number of aromatic amines is 2. The van der Waals surface area contributed by atoms with E-state index in [4.69, 9.17) is 0 Å². The number of ketones is 1. The Hall–Kier alpha value is -2.88. The summed E-state index contributed by atoms with van der Waals surface area (Å²) < 4.78 is 0. The quantitative estimate of drug-likeness (QED) is 0.544. The molecular weight excluding hydrogens is 250 g/mol. The summed E-state index contributed by atoms with van der Waals surface area (Å²) in [5, 5.41) is 1.98. The monoisotopic (exact) mass is 261 g/mol. The standard InChI is InChI=1S/C16H11N3O/c20-15(11-3-4-13-10(8-11)5-7-17-13)14-9-12-2-1-6-18-16(12)19-14/h1-9,17H,(H,18,19). The molecule has 4 aromatic rings. The average Bonchev–Trinajstić information content (AvgIpc) is 3.11. The molecule has 4 nitrogen and oxygen atoms in total. The van der Waals surface area contributed by atoms with Crippen LogP contribution in [0.3, 0.4) is 0 Å². The second-order valence-electron chi connectivity index (χ2n) is 4.73. The molecule has 0 amide bonds. The van der Waals surface area contributed by atoms with Crippen LogP contribution in [0.4, 0.5) is 0 Å². The number of benzene rings is 1. The molecule has 20 heavy (non-hydrogen) atoms. The maximum absolute atomic E-state index is 12.5. The van der Waals surface area contributed by atoms with Crippen LogP contribution >= 0.6 is 0 Å². The van der Waals surface area contributed by atoms with Crippen molar-refractivity contribution < 1.29 is 4.79 Å². The van der Waals surface area contributed by atoms with Crippen molar-refractivity contribution in [1.29, 1.82) is 0 Å². The topological polar surface area (TPSA) is 61.5 Å². The first-order chi connectivity index (χ1) is 9.81. The van der Waals surface area contributed by atoms with E-state index >= 15 is 0 Å². The molecule has 0 saturated carbocycles. The van der Waals surface area contributed by atoms with Crippen LogP contribution in [0.5, 0.6) is 0 Å². The minimum absolute atomic E-state index is 0.0221. The Bertz CT molecular complexity index is 896. The summed E-state index contributed by atoms with van der Waals surface area (Å²) in [7, 11) is 0. The van der Waals surface area contributed by atoms with Crippen molar-refractivity contribution in [2.75, 3.05) is 0 Å². The number of hydrogen-bond acceptors (Lipinski definition) is 2. The lowest BCUT2D eigenvalue weighted by atomic mass is 10.1. The lowest BCUT2D eigenvalue weighted by Crippen LogP contribution is -2.01. The summed E-state index contributed by atoms with van der Waals surface area (Å²) in [5.74, 6) is -0.0221. The van der Waals surface area contributed by atoms with E-state index in [2.05, 4.69) is 15.0 Å². The van der Waals surface area contributed by atoms with Crippen molar-refractivity contribution in [2.24, 2.45) is 0 Å². The van der Waals surface area contributed by atoms with Crippen molar-refractivity contribution in [2.45, 2.75) is 0 Å². The van der Waals surface area contributed by atoms with Crippen LogP contribution < -0.4 is 0 Å². The number of nitrogens with one attached hydrogen (secondary N) is 2. The number of nitrogens with zero attached hydrogens (tertiary/aromatic N) is 1. The van der Waals surface area contributed by atoms with E-state index in [1.54, 1.807) is 6.20 Å². The highest BCUT2D eigenvalue weighted by atomic mass is 16.1. The molecule has 0 saturated heterocycles. The summed E-state index contributed by atoms with van der Waals surface area (Å²) in [6, 6.07) is 13.2. The first-order valence-corrected chi connectivity index (χ1v) is 6.37. The number of H-pyrrole nitrogens is 2. The van der Waals surface area contributed by atoms with Crippen LogP contribution in [0.2, 0.25) is 0 Å². The molecule has 1 aromatic carbocycles. The van der Waals surface area contributed by atoms with E-state index in [-0.39, 0.29) is 5.78 Å². The predicted octanol–water partition coefficient (Wildman–Crippen LogP) is 3.28. The molecule has 4 heteroatoms. The highest BCUT2D eigenvalue weighted by molar-refractivity contribution is 6.11. The molecule has 0 bridgehead atoms. The minimum Gasteiger partial charge on any atom is -0.361 e. The first-order valence-electron chi connectivity index (χ1n) is 6.37. The van der Waals surface area contributed by atoms with Gasteiger partial charge in [-0.05, 0) is 42.5 Å². The summed E-state index contributed by atoms with van der Waals surface area (Å²) in [6.45, 7) is 0. The van der Waals surface area contributed by atoms with Crippen LogP contribution in [0.15, 0.2) is 54.9 Å². The van der Waals surface area contributed by atoms with Gasteiger partial charge in [0, 0.05) is 34.2 Å². The van der Waals surface area contributed by atoms with Gasteiger partial charge >= 0.3 is 0 Å². The Morgan fingerprint density at radius 2 is 2.00 bits per heavy atom. The number of pyridine rings is 1. The number of carbonyl (C=O) groups excluding carboxylic acids is 1. The van der Waals surface area contributed by atoms with E-state index < -0.39 is 0 Å². The van der Waals surface area contributed by atoms with Gasteiger partial charge in [-0.1, -0.05) is 0 Å². The van der Waals surface area contributed by atoms with Crippen LogP contribution in [0.1, 0.15) is 16.1 Å². The number of carbonyl (C=O) groups is 1. The van der Waals surface area contributed by atoms with Gasteiger partial charge in [0.25, 0.3) is 0 Å². The second kappa shape index (κ2) is 4.06. The number of aromatic nitrogens is 3. The van der Waals surface area contributed by atoms with Gasteiger partial charge in [0.15, 0.2) is 0 Å². The molecule has 0 fully saturated rings. The zero-order valence-corrected chi connectivity index (χ0v) is 10.6. The van der Waals surface area contributed by atoms with Gasteiger partial charge in [0.05, 0.1) is 5.69 Å². The number of hydrogen-bond donors (Lipinski definition) is 2. The van der Waals surface area contributed by atoms with Gasteiger partial charge in [-0.3, -0.25) is 4.79 Å². The Balaban J connectivity index is 1.82. The average molecular weight is 261 g/mol. The molecule has 0 aliphatic heterocycles. The molecule has 4 rings (SSSR count). The van der Waals surface area contributed by atoms with E-state index in [9.17, 15) is 4.79 Å².